The zero-order valence-electron chi connectivity index (χ0n) is 18.7. The predicted molar refractivity (Wildman–Crippen MR) is 114 cm³/mol. The Kier molecular flexibility index (Phi) is 10.7. The maximum atomic E-state index is 2.56. The van der Waals surface area contributed by atoms with Gasteiger partial charge in [-0.1, -0.05) is 59.3 Å². The second-order valence-electron chi connectivity index (χ2n) is 9.98. The van der Waals surface area contributed by atoms with Crippen molar-refractivity contribution < 1.29 is 4.48 Å². The third-order valence-electron chi connectivity index (χ3n) is 7.81. The standard InChI is InChI=1S/C24H50N/c1-7-24(5)18-13-11-10-12-16-23(17-19-24)21-22(4)15-14-20-25(6,8-2)9-3/h22-23H,7-21H2,1-6H3/q+1. The number of hydrogen-bond donors (Lipinski definition) is 0. The van der Waals surface area contributed by atoms with Gasteiger partial charge in [0.2, 0.25) is 0 Å². The molecule has 0 aromatic heterocycles. The molecular formula is C24H50N+. The molecular weight excluding hydrogens is 302 g/mol. The topological polar surface area (TPSA) is 0 Å². The van der Waals surface area contributed by atoms with Crippen LogP contribution < -0.4 is 0 Å². The Morgan fingerprint density at radius 3 is 2.28 bits per heavy atom. The van der Waals surface area contributed by atoms with Gasteiger partial charge < -0.3 is 4.48 Å². The fourth-order valence-corrected chi connectivity index (χ4v) is 4.80. The lowest BCUT2D eigenvalue weighted by molar-refractivity contribution is -0.906. The minimum absolute atomic E-state index is 0.625. The summed E-state index contributed by atoms with van der Waals surface area (Å²) in [5, 5.41) is 0. The van der Waals surface area contributed by atoms with Crippen molar-refractivity contribution in [2.24, 2.45) is 17.3 Å². The predicted octanol–water partition coefficient (Wildman–Crippen LogP) is 7.45. The fraction of sp³-hybridized carbons (Fsp3) is 1.00. The molecule has 0 N–H and O–H groups in total. The molecule has 1 saturated carbocycles. The van der Waals surface area contributed by atoms with Crippen LogP contribution in [0.15, 0.2) is 0 Å². The van der Waals surface area contributed by atoms with E-state index in [0.29, 0.717) is 5.41 Å². The largest absolute Gasteiger partial charge is 0.327 e. The Morgan fingerprint density at radius 2 is 1.64 bits per heavy atom. The molecule has 3 unspecified atom stereocenters. The Morgan fingerprint density at radius 1 is 0.960 bits per heavy atom. The molecule has 0 amide bonds. The zero-order chi connectivity index (χ0) is 18.8. The summed E-state index contributed by atoms with van der Waals surface area (Å²) in [5.74, 6) is 1.92. The third kappa shape index (κ3) is 8.94. The number of rotatable bonds is 9. The highest BCUT2D eigenvalue weighted by Crippen LogP contribution is 2.38. The van der Waals surface area contributed by atoms with Gasteiger partial charge in [-0.3, -0.25) is 0 Å². The molecule has 1 fully saturated rings. The SMILES string of the molecule is CCC1(C)CCCCCCC(CC(C)CCC[N+](C)(CC)CC)CC1. The summed E-state index contributed by atoms with van der Waals surface area (Å²) >= 11 is 0. The van der Waals surface area contributed by atoms with Crippen LogP contribution in [0.2, 0.25) is 0 Å². The molecule has 0 aromatic carbocycles. The van der Waals surface area contributed by atoms with Crippen molar-refractivity contribution in [3.8, 4) is 0 Å². The van der Waals surface area contributed by atoms with Crippen LogP contribution in [-0.2, 0) is 0 Å². The van der Waals surface area contributed by atoms with Crippen LogP contribution in [0.5, 0.6) is 0 Å². The van der Waals surface area contributed by atoms with Gasteiger partial charge in [0, 0.05) is 0 Å². The summed E-state index contributed by atoms with van der Waals surface area (Å²) in [4.78, 5) is 0. The zero-order valence-corrected chi connectivity index (χ0v) is 18.7. The summed E-state index contributed by atoms with van der Waals surface area (Å²) in [7, 11) is 2.43. The monoisotopic (exact) mass is 352 g/mol. The highest BCUT2D eigenvalue weighted by Gasteiger charge is 2.25. The van der Waals surface area contributed by atoms with Gasteiger partial charge in [0.15, 0.2) is 0 Å². The van der Waals surface area contributed by atoms with Gasteiger partial charge in [0.05, 0.1) is 26.7 Å². The normalized spacial score (nSPS) is 27.8. The average Bonchev–Trinajstić information content (AvgIpc) is 2.62. The Labute approximate surface area is 160 Å². The minimum atomic E-state index is 0.625. The van der Waals surface area contributed by atoms with E-state index in [0.717, 1.165) is 11.8 Å². The van der Waals surface area contributed by atoms with Gasteiger partial charge in [0.25, 0.3) is 0 Å². The number of hydrogen-bond acceptors (Lipinski definition) is 0. The smallest absolute Gasteiger partial charge is 0.0784 e. The van der Waals surface area contributed by atoms with E-state index in [-0.39, 0.29) is 0 Å². The minimum Gasteiger partial charge on any atom is -0.327 e. The van der Waals surface area contributed by atoms with E-state index in [9.17, 15) is 0 Å². The highest BCUT2D eigenvalue weighted by atomic mass is 15.3. The molecule has 0 heterocycles. The first-order chi connectivity index (χ1) is 11.9. The van der Waals surface area contributed by atoms with Crippen LogP contribution in [0.3, 0.4) is 0 Å². The van der Waals surface area contributed by atoms with E-state index in [4.69, 9.17) is 0 Å². The number of quaternary nitrogens is 1. The molecule has 0 saturated heterocycles. The molecule has 25 heavy (non-hydrogen) atoms. The molecule has 1 nitrogen and oxygen atoms in total. The maximum Gasteiger partial charge on any atom is 0.0784 e. The van der Waals surface area contributed by atoms with Gasteiger partial charge in [0.1, 0.15) is 0 Å². The Hall–Kier alpha value is -0.0400. The van der Waals surface area contributed by atoms with Gasteiger partial charge >= 0.3 is 0 Å². The van der Waals surface area contributed by atoms with Crippen molar-refractivity contribution in [1.82, 2.24) is 0 Å². The third-order valence-corrected chi connectivity index (χ3v) is 7.81. The molecule has 1 aliphatic carbocycles. The van der Waals surface area contributed by atoms with E-state index in [1.54, 1.807) is 0 Å². The fourth-order valence-electron chi connectivity index (χ4n) is 4.80. The van der Waals surface area contributed by atoms with Crippen LogP contribution in [-0.4, -0.2) is 31.2 Å². The van der Waals surface area contributed by atoms with Gasteiger partial charge in [-0.05, 0) is 69.6 Å². The molecule has 1 heteroatoms. The molecule has 0 aromatic rings. The summed E-state index contributed by atoms with van der Waals surface area (Å²) in [6.45, 7) is 16.1. The van der Waals surface area contributed by atoms with Gasteiger partial charge in [-0.2, -0.15) is 0 Å². The first-order valence-electron chi connectivity index (χ1n) is 11.7. The highest BCUT2D eigenvalue weighted by molar-refractivity contribution is 4.77. The first-order valence-corrected chi connectivity index (χ1v) is 11.7. The molecule has 1 rings (SSSR count). The lowest BCUT2D eigenvalue weighted by atomic mass is 9.74. The molecule has 0 aliphatic heterocycles. The van der Waals surface area contributed by atoms with Gasteiger partial charge in [-0.25, -0.2) is 0 Å². The first kappa shape index (κ1) is 23.0. The van der Waals surface area contributed by atoms with E-state index in [1.165, 1.54) is 101 Å². The molecule has 0 radical (unpaired) electrons. The molecule has 0 spiro atoms. The average molecular weight is 353 g/mol. The van der Waals surface area contributed by atoms with Crippen LogP contribution >= 0.6 is 0 Å². The summed E-state index contributed by atoms with van der Waals surface area (Å²) in [6, 6.07) is 0. The summed E-state index contributed by atoms with van der Waals surface area (Å²) in [5.41, 5.74) is 0.625. The lowest BCUT2D eigenvalue weighted by Crippen LogP contribution is -2.44. The summed E-state index contributed by atoms with van der Waals surface area (Å²) < 4.78 is 1.25. The van der Waals surface area contributed by atoms with Crippen molar-refractivity contribution >= 4 is 0 Å². The quantitative estimate of drug-likeness (QED) is 0.378. The van der Waals surface area contributed by atoms with Crippen LogP contribution in [0.1, 0.15) is 112 Å². The van der Waals surface area contributed by atoms with Crippen molar-refractivity contribution in [3.63, 3.8) is 0 Å². The number of nitrogens with zero attached hydrogens (tertiary/aromatic N) is 1. The van der Waals surface area contributed by atoms with Crippen LogP contribution in [0.4, 0.5) is 0 Å². The van der Waals surface area contributed by atoms with Crippen molar-refractivity contribution in [3.05, 3.63) is 0 Å². The van der Waals surface area contributed by atoms with E-state index in [1.807, 2.05) is 0 Å². The Balaban J connectivity index is 2.42. The van der Waals surface area contributed by atoms with E-state index in [2.05, 4.69) is 41.7 Å². The molecule has 3 atom stereocenters. The van der Waals surface area contributed by atoms with Crippen molar-refractivity contribution in [2.45, 2.75) is 112 Å². The van der Waals surface area contributed by atoms with E-state index < -0.39 is 0 Å². The Bertz CT molecular complexity index is 333. The second-order valence-corrected chi connectivity index (χ2v) is 9.98. The molecule has 0 bridgehead atoms. The molecule has 150 valence electrons. The molecule has 1 aliphatic rings. The van der Waals surface area contributed by atoms with Crippen molar-refractivity contribution in [1.29, 1.82) is 0 Å². The summed E-state index contributed by atoms with van der Waals surface area (Å²) in [6.07, 6.45) is 17.6. The second kappa shape index (κ2) is 11.6. The van der Waals surface area contributed by atoms with Crippen LogP contribution in [0.25, 0.3) is 0 Å². The van der Waals surface area contributed by atoms with Crippen LogP contribution in [0, 0.1) is 17.3 Å². The van der Waals surface area contributed by atoms with Crippen molar-refractivity contribution in [2.75, 3.05) is 26.7 Å². The van der Waals surface area contributed by atoms with E-state index >= 15 is 0 Å². The van der Waals surface area contributed by atoms with Gasteiger partial charge in [-0.15, -0.1) is 0 Å². The lowest BCUT2D eigenvalue weighted by Gasteiger charge is -2.33. The maximum absolute atomic E-state index is 2.56.